The first-order valence-electron chi connectivity index (χ1n) is 5.91. The third-order valence-corrected chi connectivity index (χ3v) is 3.87. The summed E-state index contributed by atoms with van der Waals surface area (Å²) in [5.41, 5.74) is 8.76. The lowest BCUT2D eigenvalue weighted by molar-refractivity contribution is 0.475. The highest BCUT2D eigenvalue weighted by Crippen LogP contribution is 2.53. The van der Waals surface area contributed by atoms with Gasteiger partial charge in [0.2, 0.25) is 0 Å². The predicted molar refractivity (Wildman–Crippen MR) is 64.7 cm³/mol. The molecule has 1 fully saturated rings. The number of benzene rings is 1. The van der Waals surface area contributed by atoms with Crippen LogP contribution in [0, 0.1) is 24.1 Å². The highest BCUT2D eigenvalue weighted by atomic mass is 19.1. The number of hydrogen-bond donors (Lipinski definition) is 1. The van der Waals surface area contributed by atoms with Gasteiger partial charge in [0.15, 0.2) is 0 Å². The number of hydrogen-bond acceptors (Lipinski definition) is 1. The van der Waals surface area contributed by atoms with Gasteiger partial charge in [0, 0.05) is 6.04 Å². The Hall–Kier alpha value is -0.890. The van der Waals surface area contributed by atoms with Gasteiger partial charge in [-0.2, -0.15) is 0 Å². The fourth-order valence-corrected chi connectivity index (χ4v) is 2.49. The van der Waals surface area contributed by atoms with Gasteiger partial charge in [-0.05, 0) is 54.4 Å². The Bertz CT molecular complexity index is 398. The van der Waals surface area contributed by atoms with Gasteiger partial charge >= 0.3 is 0 Å². The normalized spacial score (nSPS) is 24.2. The van der Waals surface area contributed by atoms with Crippen molar-refractivity contribution in [1.29, 1.82) is 0 Å². The van der Waals surface area contributed by atoms with Gasteiger partial charge in [0.1, 0.15) is 5.82 Å². The first-order chi connectivity index (χ1) is 7.40. The van der Waals surface area contributed by atoms with Crippen molar-refractivity contribution < 1.29 is 4.39 Å². The van der Waals surface area contributed by atoms with Crippen molar-refractivity contribution in [2.24, 2.45) is 17.1 Å². The molecule has 0 bridgehead atoms. The Morgan fingerprint density at radius 1 is 1.50 bits per heavy atom. The minimum Gasteiger partial charge on any atom is -0.327 e. The van der Waals surface area contributed by atoms with Crippen molar-refractivity contribution in [2.45, 2.75) is 39.7 Å². The summed E-state index contributed by atoms with van der Waals surface area (Å²) in [5.74, 6) is 0.429. The van der Waals surface area contributed by atoms with Crippen molar-refractivity contribution in [3.8, 4) is 0 Å². The maximum Gasteiger partial charge on any atom is 0.123 e. The summed E-state index contributed by atoms with van der Waals surface area (Å²) >= 11 is 0. The van der Waals surface area contributed by atoms with E-state index < -0.39 is 0 Å². The van der Waals surface area contributed by atoms with E-state index in [0.717, 1.165) is 17.5 Å². The second kappa shape index (κ2) is 3.85. The molecule has 0 spiro atoms. The van der Waals surface area contributed by atoms with Crippen molar-refractivity contribution in [2.75, 3.05) is 0 Å². The van der Waals surface area contributed by atoms with Crippen LogP contribution in [0.2, 0.25) is 0 Å². The molecule has 2 unspecified atom stereocenters. The van der Waals surface area contributed by atoms with E-state index in [-0.39, 0.29) is 11.9 Å². The summed E-state index contributed by atoms with van der Waals surface area (Å²) in [6.45, 7) is 6.51. The lowest BCUT2D eigenvalue weighted by Gasteiger charge is -2.15. The molecule has 1 aliphatic carbocycles. The zero-order chi connectivity index (χ0) is 11.9. The molecule has 1 aromatic rings. The van der Waals surface area contributed by atoms with Crippen LogP contribution in [0.4, 0.5) is 4.39 Å². The van der Waals surface area contributed by atoms with Crippen LogP contribution in [0.1, 0.15) is 31.4 Å². The average Bonchev–Trinajstić information content (AvgIpc) is 2.82. The van der Waals surface area contributed by atoms with Crippen LogP contribution in [0.25, 0.3) is 0 Å². The van der Waals surface area contributed by atoms with Crippen LogP contribution < -0.4 is 5.73 Å². The Labute approximate surface area is 96.9 Å². The van der Waals surface area contributed by atoms with Gasteiger partial charge in [0.25, 0.3) is 0 Å². The van der Waals surface area contributed by atoms with Crippen LogP contribution in [0.15, 0.2) is 18.2 Å². The summed E-state index contributed by atoms with van der Waals surface area (Å²) < 4.78 is 13.1. The minimum atomic E-state index is -0.164. The topological polar surface area (TPSA) is 26.0 Å². The van der Waals surface area contributed by atoms with Gasteiger partial charge in [-0.1, -0.05) is 19.9 Å². The standard InChI is InChI=1S/C14H20FN/c1-9-4-5-11(15)6-10(9)7-13(16)12-8-14(12,2)3/h4-6,12-13H,7-8,16H2,1-3H3. The molecular formula is C14H20FN. The Balaban J connectivity index is 2.06. The number of nitrogens with two attached hydrogens (primary N) is 1. The van der Waals surface area contributed by atoms with E-state index in [4.69, 9.17) is 5.73 Å². The molecule has 0 radical (unpaired) electrons. The van der Waals surface area contributed by atoms with Gasteiger partial charge in [0.05, 0.1) is 0 Å². The summed E-state index contributed by atoms with van der Waals surface area (Å²) in [7, 11) is 0. The van der Waals surface area contributed by atoms with E-state index >= 15 is 0 Å². The molecule has 0 amide bonds. The number of halogens is 1. The molecule has 2 atom stereocenters. The van der Waals surface area contributed by atoms with Gasteiger partial charge in [-0.15, -0.1) is 0 Å². The van der Waals surface area contributed by atoms with Crippen molar-refractivity contribution in [3.63, 3.8) is 0 Å². The van der Waals surface area contributed by atoms with Crippen molar-refractivity contribution in [3.05, 3.63) is 35.1 Å². The smallest absolute Gasteiger partial charge is 0.123 e. The Morgan fingerprint density at radius 3 is 2.69 bits per heavy atom. The van der Waals surface area contributed by atoms with E-state index in [1.807, 2.05) is 13.0 Å². The third kappa shape index (κ3) is 2.27. The molecule has 1 saturated carbocycles. The maximum atomic E-state index is 13.1. The SMILES string of the molecule is Cc1ccc(F)cc1CC(N)C1CC1(C)C. The molecule has 2 rings (SSSR count). The average molecular weight is 221 g/mol. The van der Waals surface area contributed by atoms with Gasteiger partial charge in [-0.3, -0.25) is 0 Å². The molecule has 1 aromatic carbocycles. The minimum absolute atomic E-state index is 0.162. The third-order valence-electron chi connectivity index (χ3n) is 3.87. The molecule has 0 aromatic heterocycles. The molecule has 0 heterocycles. The summed E-state index contributed by atoms with van der Waals surface area (Å²) in [5, 5.41) is 0. The fraction of sp³-hybridized carbons (Fsp3) is 0.571. The lowest BCUT2D eigenvalue weighted by atomic mass is 9.95. The van der Waals surface area contributed by atoms with Crippen molar-refractivity contribution >= 4 is 0 Å². The van der Waals surface area contributed by atoms with Crippen LogP contribution in [-0.2, 0) is 6.42 Å². The van der Waals surface area contributed by atoms with Crippen molar-refractivity contribution in [1.82, 2.24) is 0 Å². The van der Waals surface area contributed by atoms with E-state index in [2.05, 4.69) is 13.8 Å². The molecule has 1 nitrogen and oxygen atoms in total. The summed E-state index contributed by atoms with van der Waals surface area (Å²) in [6.07, 6.45) is 1.99. The van der Waals surface area contributed by atoms with Gasteiger partial charge in [-0.25, -0.2) is 4.39 Å². The monoisotopic (exact) mass is 221 g/mol. The van der Waals surface area contributed by atoms with E-state index in [9.17, 15) is 4.39 Å². The van der Waals surface area contributed by atoms with Crippen LogP contribution in [-0.4, -0.2) is 6.04 Å². The second-order valence-corrected chi connectivity index (χ2v) is 5.74. The van der Waals surface area contributed by atoms with Crippen LogP contribution in [0.5, 0.6) is 0 Å². The summed E-state index contributed by atoms with van der Waals surface area (Å²) in [6, 6.07) is 5.11. The molecule has 0 saturated heterocycles. The van der Waals surface area contributed by atoms with E-state index in [1.165, 1.54) is 12.5 Å². The number of aryl methyl sites for hydroxylation is 1. The first-order valence-corrected chi connectivity index (χ1v) is 5.91. The summed E-state index contributed by atoms with van der Waals surface area (Å²) in [4.78, 5) is 0. The van der Waals surface area contributed by atoms with Crippen LogP contribution >= 0.6 is 0 Å². The fourth-order valence-electron chi connectivity index (χ4n) is 2.49. The zero-order valence-electron chi connectivity index (χ0n) is 10.3. The van der Waals surface area contributed by atoms with E-state index in [0.29, 0.717) is 11.3 Å². The first kappa shape index (κ1) is 11.6. The molecule has 2 N–H and O–H groups in total. The quantitative estimate of drug-likeness (QED) is 0.834. The molecule has 16 heavy (non-hydrogen) atoms. The molecular weight excluding hydrogens is 201 g/mol. The molecule has 1 aliphatic rings. The van der Waals surface area contributed by atoms with E-state index in [1.54, 1.807) is 6.07 Å². The zero-order valence-corrected chi connectivity index (χ0v) is 10.3. The van der Waals surface area contributed by atoms with Crippen LogP contribution in [0.3, 0.4) is 0 Å². The highest BCUT2D eigenvalue weighted by molar-refractivity contribution is 5.28. The second-order valence-electron chi connectivity index (χ2n) is 5.74. The molecule has 2 heteroatoms. The largest absolute Gasteiger partial charge is 0.327 e. The Kier molecular flexibility index (Phi) is 2.79. The van der Waals surface area contributed by atoms with Gasteiger partial charge < -0.3 is 5.73 Å². The lowest BCUT2D eigenvalue weighted by Crippen LogP contribution is -2.27. The number of rotatable bonds is 3. The Morgan fingerprint density at radius 2 is 2.12 bits per heavy atom. The predicted octanol–water partition coefficient (Wildman–Crippen LogP) is 3.05. The highest BCUT2D eigenvalue weighted by Gasteiger charge is 2.48. The molecule has 0 aliphatic heterocycles. The molecule has 88 valence electrons. The maximum absolute atomic E-state index is 13.1.